The summed E-state index contributed by atoms with van der Waals surface area (Å²) in [5, 5.41) is 27.0. The fourth-order valence-corrected chi connectivity index (χ4v) is 1.50. The topological polar surface area (TPSA) is 115 Å². The van der Waals surface area contributed by atoms with Crippen molar-refractivity contribution in [1.29, 1.82) is 0 Å². The minimum Gasteiger partial charge on any atom is -0.479 e. The highest BCUT2D eigenvalue weighted by Gasteiger charge is 2.17. The molecule has 1 aromatic carbocycles. The monoisotopic (exact) mass is 249 g/mol. The van der Waals surface area contributed by atoms with Gasteiger partial charge in [0.1, 0.15) is 0 Å². The molecule has 0 saturated carbocycles. The Morgan fingerprint density at radius 3 is 2.83 bits per heavy atom. The van der Waals surface area contributed by atoms with Gasteiger partial charge in [0.05, 0.1) is 12.1 Å². The molecule has 0 spiro atoms. The molecule has 18 heavy (non-hydrogen) atoms. The van der Waals surface area contributed by atoms with E-state index in [0.717, 1.165) is 0 Å². The summed E-state index contributed by atoms with van der Waals surface area (Å²) in [6, 6.07) is 7.06. The van der Waals surface area contributed by atoms with Crippen LogP contribution in [0.25, 0.3) is 10.9 Å². The van der Waals surface area contributed by atoms with Crippen LogP contribution in [-0.2, 0) is 4.79 Å². The lowest BCUT2D eigenvalue weighted by atomic mass is 10.2. The first-order valence-electron chi connectivity index (χ1n) is 5.22. The van der Waals surface area contributed by atoms with Crippen LogP contribution in [0.2, 0.25) is 0 Å². The van der Waals surface area contributed by atoms with Gasteiger partial charge in [0.15, 0.2) is 11.8 Å². The molecule has 0 aliphatic carbocycles. The van der Waals surface area contributed by atoms with Crippen LogP contribution < -0.4 is 5.32 Å². The van der Waals surface area contributed by atoms with E-state index in [1.54, 1.807) is 24.3 Å². The number of aliphatic hydroxyl groups is 1. The maximum atomic E-state index is 11.7. The zero-order chi connectivity index (χ0) is 13.1. The number of aromatic amines is 1. The van der Waals surface area contributed by atoms with Crippen LogP contribution in [0.1, 0.15) is 10.5 Å². The quantitative estimate of drug-likeness (QED) is 0.595. The first-order valence-corrected chi connectivity index (χ1v) is 5.22. The summed E-state index contributed by atoms with van der Waals surface area (Å²) in [4.78, 5) is 22.1. The Balaban J connectivity index is 2.12. The van der Waals surface area contributed by atoms with Crippen molar-refractivity contribution in [3.05, 3.63) is 30.0 Å². The first kappa shape index (κ1) is 12.1. The third-order valence-corrected chi connectivity index (χ3v) is 2.43. The van der Waals surface area contributed by atoms with Crippen molar-refractivity contribution in [3.8, 4) is 0 Å². The molecule has 4 N–H and O–H groups in total. The van der Waals surface area contributed by atoms with E-state index in [1.807, 2.05) is 0 Å². The van der Waals surface area contributed by atoms with Crippen molar-refractivity contribution in [1.82, 2.24) is 15.5 Å². The molecule has 0 fully saturated rings. The van der Waals surface area contributed by atoms with Crippen LogP contribution in [-0.4, -0.2) is 44.9 Å². The van der Waals surface area contributed by atoms with Gasteiger partial charge in [0, 0.05) is 5.39 Å². The summed E-state index contributed by atoms with van der Waals surface area (Å²) in [5.41, 5.74) is 0.879. The van der Waals surface area contributed by atoms with Crippen molar-refractivity contribution in [2.24, 2.45) is 0 Å². The van der Waals surface area contributed by atoms with Gasteiger partial charge in [0.2, 0.25) is 0 Å². The Labute approximate surface area is 101 Å². The van der Waals surface area contributed by atoms with Crippen LogP contribution >= 0.6 is 0 Å². The molecule has 1 atom stereocenters. The average Bonchev–Trinajstić information content (AvgIpc) is 2.79. The molecule has 0 radical (unpaired) electrons. The molecule has 0 bridgehead atoms. The molecular weight excluding hydrogens is 238 g/mol. The van der Waals surface area contributed by atoms with Crippen LogP contribution in [0.4, 0.5) is 0 Å². The number of carboxylic acids is 1. The number of para-hydroxylation sites is 1. The smallest absolute Gasteiger partial charge is 0.334 e. The second-order valence-corrected chi connectivity index (χ2v) is 3.68. The van der Waals surface area contributed by atoms with E-state index in [2.05, 4.69) is 15.5 Å². The minimum absolute atomic E-state index is 0.170. The van der Waals surface area contributed by atoms with E-state index >= 15 is 0 Å². The van der Waals surface area contributed by atoms with Gasteiger partial charge in [-0.05, 0) is 6.07 Å². The van der Waals surface area contributed by atoms with Gasteiger partial charge in [-0.25, -0.2) is 4.79 Å². The molecule has 0 saturated heterocycles. The summed E-state index contributed by atoms with van der Waals surface area (Å²) in [7, 11) is 0. The Morgan fingerprint density at radius 1 is 1.39 bits per heavy atom. The standard InChI is InChI=1S/C11H11N3O4/c15-8(11(17)18)5-12-10(16)9-6-3-1-2-4-7(6)13-14-9/h1-4,8,15H,5H2,(H,12,16)(H,13,14)(H,17,18). The van der Waals surface area contributed by atoms with Crippen LogP contribution in [0.15, 0.2) is 24.3 Å². The lowest BCUT2D eigenvalue weighted by molar-refractivity contribution is -0.146. The molecule has 7 nitrogen and oxygen atoms in total. The number of carbonyl (C=O) groups excluding carboxylic acids is 1. The number of amides is 1. The number of fused-ring (bicyclic) bond motifs is 1. The van der Waals surface area contributed by atoms with E-state index in [0.29, 0.717) is 10.9 Å². The van der Waals surface area contributed by atoms with Gasteiger partial charge in [-0.3, -0.25) is 9.89 Å². The third-order valence-electron chi connectivity index (χ3n) is 2.43. The molecule has 0 aliphatic heterocycles. The van der Waals surface area contributed by atoms with Crippen LogP contribution in [0, 0.1) is 0 Å². The maximum absolute atomic E-state index is 11.7. The highest BCUT2D eigenvalue weighted by Crippen LogP contribution is 2.14. The lowest BCUT2D eigenvalue weighted by Gasteiger charge is -2.06. The van der Waals surface area contributed by atoms with E-state index in [-0.39, 0.29) is 12.2 Å². The summed E-state index contributed by atoms with van der Waals surface area (Å²) < 4.78 is 0. The molecular formula is C11H11N3O4. The zero-order valence-corrected chi connectivity index (χ0v) is 9.25. The highest BCUT2D eigenvalue weighted by atomic mass is 16.4. The fraction of sp³-hybridized carbons (Fsp3) is 0.182. The number of H-pyrrole nitrogens is 1. The second-order valence-electron chi connectivity index (χ2n) is 3.68. The third kappa shape index (κ3) is 2.30. The zero-order valence-electron chi connectivity index (χ0n) is 9.25. The Morgan fingerprint density at radius 2 is 2.11 bits per heavy atom. The number of benzene rings is 1. The lowest BCUT2D eigenvalue weighted by Crippen LogP contribution is -2.36. The number of nitrogens with one attached hydrogen (secondary N) is 2. The number of aromatic nitrogens is 2. The molecule has 1 heterocycles. The number of rotatable bonds is 4. The first-order chi connectivity index (χ1) is 8.59. The van der Waals surface area contributed by atoms with Crippen LogP contribution in [0.3, 0.4) is 0 Å². The van der Waals surface area contributed by atoms with Gasteiger partial charge in [0.25, 0.3) is 5.91 Å². The summed E-state index contributed by atoms with van der Waals surface area (Å²) in [5.74, 6) is -1.92. The minimum atomic E-state index is -1.63. The summed E-state index contributed by atoms with van der Waals surface area (Å²) >= 11 is 0. The molecule has 94 valence electrons. The predicted octanol–water partition coefficient (Wildman–Crippen LogP) is -0.262. The molecule has 1 unspecified atom stereocenters. The molecule has 2 aromatic rings. The fourth-order valence-electron chi connectivity index (χ4n) is 1.50. The van der Waals surface area contributed by atoms with Crippen molar-refractivity contribution in [2.75, 3.05) is 6.54 Å². The highest BCUT2D eigenvalue weighted by molar-refractivity contribution is 6.04. The van der Waals surface area contributed by atoms with Crippen LogP contribution in [0.5, 0.6) is 0 Å². The SMILES string of the molecule is O=C(NCC(O)C(=O)O)c1n[nH]c2ccccc12. The second kappa shape index (κ2) is 4.84. The van der Waals surface area contributed by atoms with Gasteiger partial charge in [-0.1, -0.05) is 18.2 Å². The number of aliphatic carboxylic acids is 1. The molecule has 0 aliphatic rings. The van der Waals surface area contributed by atoms with Crippen molar-refractivity contribution >= 4 is 22.8 Å². The van der Waals surface area contributed by atoms with E-state index in [4.69, 9.17) is 10.2 Å². The summed E-state index contributed by atoms with van der Waals surface area (Å²) in [6.07, 6.45) is -1.63. The average molecular weight is 249 g/mol. The van der Waals surface area contributed by atoms with Crippen molar-refractivity contribution < 1.29 is 19.8 Å². The van der Waals surface area contributed by atoms with Gasteiger partial charge < -0.3 is 15.5 Å². The molecule has 7 heteroatoms. The summed E-state index contributed by atoms with van der Waals surface area (Å²) in [6.45, 7) is -0.366. The van der Waals surface area contributed by atoms with Gasteiger partial charge in [-0.2, -0.15) is 5.10 Å². The van der Waals surface area contributed by atoms with Crippen molar-refractivity contribution in [3.63, 3.8) is 0 Å². The Hall–Kier alpha value is -2.41. The Kier molecular flexibility index (Phi) is 3.24. The normalized spacial score (nSPS) is 12.3. The number of hydrogen-bond donors (Lipinski definition) is 4. The number of carbonyl (C=O) groups is 2. The molecule has 2 rings (SSSR count). The van der Waals surface area contributed by atoms with Gasteiger partial charge >= 0.3 is 5.97 Å². The number of hydrogen-bond acceptors (Lipinski definition) is 4. The predicted molar refractivity (Wildman–Crippen MR) is 62.1 cm³/mol. The number of carboxylic acid groups (broad SMARTS) is 1. The number of nitrogens with zero attached hydrogens (tertiary/aromatic N) is 1. The van der Waals surface area contributed by atoms with Crippen molar-refractivity contribution in [2.45, 2.75) is 6.10 Å². The maximum Gasteiger partial charge on any atom is 0.334 e. The number of aliphatic hydroxyl groups excluding tert-OH is 1. The molecule has 1 amide bonds. The van der Waals surface area contributed by atoms with E-state index in [1.165, 1.54) is 0 Å². The Bertz CT molecular complexity index is 593. The largest absolute Gasteiger partial charge is 0.479 e. The molecule has 1 aromatic heterocycles. The van der Waals surface area contributed by atoms with E-state index in [9.17, 15) is 9.59 Å². The van der Waals surface area contributed by atoms with E-state index < -0.39 is 18.0 Å². The van der Waals surface area contributed by atoms with Gasteiger partial charge in [-0.15, -0.1) is 0 Å².